The zero-order valence-corrected chi connectivity index (χ0v) is 10.1. The summed E-state index contributed by atoms with van der Waals surface area (Å²) in [4.78, 5) is 16.1. The second-order valence-corrected chi connectivity index (χ2v) is 4.50. The van der Waals surface area contributed by atoms with Gasteiger partial charge in [-0.1, -0.05) is 6.42 Å². The molecule has 17 heavy (non-hydrogen) atoms. The quantitative estimate of drug-likeness (QED) is 0.781. The van der Waals surface area contributed by atoms with Gasteiger partial charge in [0.1, 0.15) is 0 Å². The first kappa shape index (κ1) is 11.9. The van der Waals surface area contributed by atoms with Crippen LogP contribution in [0.15, 0.2) is 0 Å². The summed E-state index contributed by atoms with van der Waals surface area (Å²) in [7, 11) is 0. The third-order valence-corrected chi connectivity index (χ3v) is 3.23. The molecular formula is C11H17N5O. The number of carbonyl (C=O) groups excluding carboxylic acids is 1. The fourth-order valence-corrected chi connectivity index (χ4v) is 2.03. The van der Waals surface area contributed by atoms with Gasteiger partial charge in [-0.15, -0.1) is 5.10 Å². The molecular weight excluding hydrogens is 218 g/mol. The maximum absolute atomic E-state index is 11.9. The van der Waals surface area contributed by atoms with E-state index in [0.717, 1.165) is 30.7 Å². The summed E-state index contributed by atoms with van der Waals surface area (Å²) < 4.78 is 0. The first-order chi connectivity index (χ1) is 8.08. The van der Waals surface area contributed by atoms with Gasteiger partial charge in [0.05, 0.1) is 17.3 Å². The molecule has 2 atom stereocenters. The molecule has 0 bridgehead atoms. The van der Waals surface area contributed by atoms with Crippen LogP contribution in [0.2, 0.25) is 0 Å². The number of carbonyl (C=O) groups is 1. The molecule has 0 aliphatic heterocycles. The molecule has 1 aromatic heterocycles. The fraction of sp³-hybridized carbons (Fsp3) is 0.636. The van der Waals surface area contributed by atoms with Gasteiger partial charge in [-0.25, -0.2) is 4.98 Å². The van der Waals surface area contributed by atoms with Crippen LogP contribution in [0.25, 0.3) is 0 Å². The zero-order valence-electron chi connectivity index (χ0n) is 10.1. The lowest BCUT2D eigenvalue weighted by Gasteiger charge is -2.14. The summed E-state index contributed by atoms with van der Waals surface area (Å²) in [6.07, 6.45) is 2.75. The third-order valence-electron chi connectivity index (χ3n) is 3.23. The molecule has 2 unspecified atom stereocenters. The highest BCUT2D eigenvalue weighted by Crippen LogP contribution is 2.24. The number of nitrogens with one attached hydrogen (secondary N) is 1. The smallest absolute Gasteiger partial charge is 0.249 e. The second-order valence-electron chi connectivity index (χ2n) is 4.50. The van der Waals surface area contributed by atoms with Crippen molar-refractivity contribution in [3.8, 4) is 0 Å². The van der Waals surface area contributed by atoms with Gasteiger partial charge in [0.25, 0.3) is 0 Å². The standard InChI is InChI=1S/C11H17N5O/c1-6-7(2)15-16-11(13-6)14-10(17)8-4-3-5-9(8)12/h8-9H,3-5,12H2,1-2H3,(H,13,14,16,17). The van der Waals surface area contributed by atoms with Crippen LogP contribution in [-0.4, -0.2) is 27.1 Å². The Balaban J connectivity index is 2.05. The van der Waals surface area contributed by atoms with Gasteiger partial charge in [0, 0.05) is 6.04 Å². The maximum Gasteiger partial charge on any atom is 0.249 e. The lowest BCUT2D eigenvalue weighted by Crippen LogP contribution is -2.34. The topological polar surface area (TPSA) is 93.8 Å². The predicted octanol–water partition coefficient (Wildman–Crippen LogP) is 0.554. The van der Waals surface area contributed by atoms with Gasteiger partial charge < -0.3 is 5.73 Å². The van der Waals surface area contributed by atoms with E-state index in [2.05, 4.69) is 20.5 Å². The summed E-state index contributed by atoms with van der Waals surface area (Å²) >= 11 is 0. The Morgan fingerprint density at radius 3 is 2.65 bits per heavy atom. The highest BCUT2D eigenvalue weighted by atomic mass is 16.2. The Kier molecular flexibility index (Phi) is 3.33. The molecule has 1 saturated carbocycles. The first-order valence-electron chi connectivity index (χ1n) is 5.82. The number of nitrogens with two attached hydrogens (primary N) is 1. The van der Waals surface area contributed by atoms with Crippen LogP contribution in [0, 0.1) is 19.8 Å². The minimum absolute atomic E-state index is 0.0468. The maximum atomic E-state index is 11.9. The number of rotatable bonds is 2. The van der Waals surface area contributed by atoms with Crippen LogP contribution >= 0.6 is 0 Å². The molecule has 1 aliphatic carbocycles. The van der Waals surface area contributed by atoms with Gasteiger partial charge in [0.15, 0.2) is 0 Å². The van der Waals surface area contributed by atoms with Gasteiger partial charge in [-0.2, -0.15) is 5.10 Å². The molecule has 1 aliphatic rings. The molecule has 0 aromatic carbocycles. The third kappa shape index (κ3) is 2.58. The van der Waals surface area contributed by atoms with Crippen LogP contribution < -0.4 is 11.1 Å². The summed E-state index contributed by atoms with van der Waals surface area (Å²) in [5, 5.41) is 10.4. The molecule has 1 heterocycles. The normalized spacial score (nSPS) is 23.7. The molecule has 1 fully saturated rings. The number of aryl methyl sites for hydroxylation is 2. The fourth-order valence-electron chi connectivity index (χ4n) is 2.03. The van der Waals surface area contributed by atoms with E-state index >= 15 is 0 Å². The number of nitrogens with zero attached hydrogens (tertiary/aromatic N) is 3. The summed E-state index contributed by atoms with van der Waals surface area (Å²) in [5.74, 6) is 0.0393. The van der Waals surface area contributed by atoms with Crippen molar-refractivity contribution in [3.05, 3.63) is 11.4 Å². The largest absolute Gasteiger partial charge is 0.327 e. The van der Waals surface area contributed by atoms with E-state index in [-0.39, 0.29) is 23.8 Å². The number of amides is 1. The van der Waals surface area contributed by atoms with E-state index < -0.39 is 0 Å². The van der Waals surface area contributed by atoms with Crippen LogP contribution in [0.4, 0.5) is 5.95 Å². The highest BCUT2D eigenvalue weighted by molar-refractivity contribution is 5.91. The summed E-state index contributed by atoms with van der Waals surface area (Å²) in [6, 6.07) is -0.0468. The van der Waals surface area contributed by atoms with Crippen LogP contribution in [0.3, 0.4) is 0 Å². The first-order valence-corrected chi connectivity index (χ1v) is 5.82. The molecule has 3 N–H and O–H groups in total. The van der Waals surface area contributed by atoms with Crippen molar-refractivity contribution in [1.29, 1.82) is 0 Å². The molecule has 0 radical (unpaired) electrons. The molecule has 6 heteroatoms. The summed E-state index contributed by atoms with van der Waals surface area (Å²) in [6.45, 7) is 3.66. The monoisotopic (exact) mass is 235 g/mol. The van der Waals surface area contributed by atoms with Crippen LogP contribution in [0.1, 0.15) is 30.7 Å². The average molecular weight is 235 g/mol. The van der Waals surface area contributed by atoms with E-state index in [9.17, 15) is 4.79 Å². The Labute approximate surface area is 100 Å². The molecule has 1 amide bonds. The van der Waals surface area contributed by atoms with E-state index in [1.807, 2.05) is 13.8 Å². The molecule has 0 spiro atoms. The van der Waals surface area contributed by atoms with Crippen molar-refractivity contribution in [1.82, 2.24) is 15.2 Å². The van der Waals surface area contributed by atoms with Gasteiger partial charge in [0.2, 0.25) is 11.9 Å². The number of aromatic nitrogens is 3. The SMILES string of the molecule is Cc1nnc(NC(=O)C2CCCC2N)nc1C. The Bertz CT molecular complexity index is 434. The minimum atomic E-state index is -0.125. The van der Waals surface area contributed by atoms with Gasteiger partial charge in [-0.3, -0.25) is 10.1 Å². The van der Waals surface area contributed by atoms with E-state index in [1.54, 1.807) is 0 Å². The van der Waals surface area contributed by atoms with E-state index in [1.165, 1.54) is 0 Å². The lowest BCUT2D eigenvalue weighted by atomic mass is 10.0. The van der Waals surface area contributed by atoms with Crippen molar-refractivity contribution in [2.45, 2.75) is 39.2 Å². The summed E-state index contributed by atoms with van der Waals surface area (Å²) in [5.41, 5.74) is 7.40. The Hall–Kier alpha value is -1.56. The van der Waals surface area contributed by atoms with E-state index in [4.69, 9.17) is 5.73 Å². The second kappa shape index (κ2) is 4.75. The number of hydrogen-bond donors (Lipinski definition) is 2. The van der Waals surface area contributed by atoms with Crippen molar-refractivity contribution < 1.29 is 4.79 Å². The van der Waals surface area contributed by atoms with Crippen molar-refractivity contribution in [3.63, 3.8) is 0 Å². The van der Waals surface area contributed by atoms with Crippen molar-refractivity contribution in [2.24, 2.45) is 11.7 Å². The molecule has 1 aromatic rings. The number of anilines is 1. The number of hydrogen-bond acceptors (Lipinski definition) is 5. The van der Waals surface area contributed by atoms with Crippen molar-refractivity contribution in [2.75, 3.05) is 5.32 Å². The average Bonchev–Trinajstić information content (AvgIpc) is 2.70. The molecule has 92 valence electrons. The van der Waals surface area contributed by atoms with Crippen molar-refractivity contribution >= 4 is 11.9 Å². The van der Waals surface area contributed by atoms with Crippen LogP contribution in [0.5, 0.6) is 0 Å². The van der Waals surface area contributed by atoms with Crippen LogP contribution in [-0.2, 0) is 4.79 Å². The zero-order chi connectivity index (χ0) is 12.4. The van der Waals surface area contributed by atoms with Gasteiger partial charge >= 0.3 is 0 Å². The van der Waals surface area contributed by atoms with E-state index in [0.29, 0.717) is 0 Å². The predicted molar refractivity (Wildman–Crippen MR) is 63.2 cm³/mol. The highest BCUT2D eigenvalue weighted by Gasteiger charge is 2.30. The Morgan fingerprint density at radius 1 is 1.29 bits per heavy atom. The van der Waals surface area contributed by atoms with Gasteiger partial charge in [-0.05, 0) is 26.7 Å². The molecule has 6 nitrogen and oxygen atoms in total. The lowest BCUT2D eigenvalue weighted by molar-refractivity contribution is -0.120. The molecule has 2 rings (SSSR count). The molecule has 0 saturated heterocycles. The Morgan fingerprint density at radius 2 is 2.06 bits per heavy atom. The minimum Gasteiger partial charge on any atom is -0.327 e.